The Morgan fingerprint density at radius 3 is 2.29 bits per heavy atom. The third kappa shape index (κ3) is 4.58. The molecule has 0 aliphatic heterocycles. The van der Waals surface area contributed by atoms with Crippen LogP contribution in [0.15, 0.2) is 0 Å². The van der Waals surface area contributed by atoms with Gasteiger partial charge in [0.25, 0.3) is 0 Å². The fraction of sp³-hybridized carbons (Fsp3) is 0.900. The first-order valence-electron chi connectivity index (χ1n) is 4.74. The van der Waals surface area contributed by atoms with Crippen LogP contribution >= 0.6 is 0 Å². The number of methoxy groups -OCH3 is 1. The molecule has 14 heavy (non-hydrogen) atoms. The Morgan fingerprint density at radius 1 is 1.43 bits per heavy atom. The summed E-state index contributed by atoms with van der Waals surface area (Å²) in [5.74, 6) is -0.373. The molecule has 2 atom stereocenters. The van der Waals surface area contributed by atoms with Crippen LogP contribution in [0.4, 0.5) is 0 Å². The molecule has 0 aromatic rings. The minimum atomic E-state index is -0.596. The van der Waals surface area contributed by atoms with E-state index in [2.05, 4.69) is 0 Å². The molecule has 0 radical (unpaired) electrons. The number of rotatable bonds is 4. The van der Waals surface area contributed by atoms with Crippen LogP contribution in [-0.2, 0) is 14.3 Å². The van der Waals surface area contributed by atoms with Gasteiger partial charge in [-0.05, 0) is 12.3 Å². The normalized spacial score (nSPS) is 16.1. The number of esters is 1. The van der Waals surface area contributed by atoms with Crippen molar-refractivity contribution in [1.82, 2.24) is 0 Å². The van der Waals surface area contributed by atoms with Crippen molar-refractivity contribution >= 4 is 5.97 Å². The van der Waals surface area contributed by atoms with Crippen molar-refractivity contribution in [2.24, 2.45) is 11.1 Å². The van der Waals surface area contributed by atoms with Crippen LogP contribution in [0.25, 0.3) is 0 Å². The van der Waals surface area contributed by atoms with Crippen molar-refractivity contribution < 1.29 is 14.3 Å². The molecule has 0 saturated carbocycles. The van der Waals surface area contributed by atoms with Gasteiger partial charge in [-0.1, -0.05) is 20.8 Å². The molecule has 0 aliphatic carbocycles. The minimum absolute atomic E-state index is 0.249. The Morgan fingerprint density at radius 2 is 1.93 bits per heavy atom. The quantitative estimate of drug-likeness (QED) is 0.691. The van der Waals surface area contributed by atoms with E-state index in [9.17, 15) is 4.79 Å². The molecule has 0 spiro atoms. The van der Waals surface area contributed by atoms with Crippen molar-refractivity contribution in [2.45, 2.75) is 39.8 Å². The predicted molar refractivity (Wildman–Crippen MR) is 54.9 cm³/mol. The number of hydrogen-bond acceptors (Lipinski definition) is 4. The Kier molecular flexibility index (Phi) is 5.08. The summed E-state index contributed by atoms with van der Waals surface area (Å²) in [6, 6.07) is -0.596. The summed E-state index contributed by atoms with van der Waals surface area (Å²) < 4.78 is 9.94. The Balaban J connectivity index is 4.08. The van der Waals surface area contributed by atoms with Gasteiger partial charge in [0.05, 0.1) is 6.61 Å². The zero-order valence-electron chi connectivity index (χ0n) is 9.66. The fourth-order valence-electron chi connectivity index (χ4n) is 0.894. The number of hydrogen-bond donors (Lipinski definition) is 1. The maximum atomic E-state index is 11.5. The van der Waals surface area contributed by atoms with Crippen molar-refractivity contribution in [3.63, 3.8) is 0 Å². The molecule has 0 rings (SSSR count). The van der Waals surface area contributed by atoms with E-state index in [1.54, 1.807) is 14.0 Å². The summed E-state index contributed by atoms with van der Waals surface area (Å²) in [5.41, 5.74) is 5.45. The highest BCUT2D eigenvalue weighted by atomic mass is 16.6. The number of ether oxygens (including phenoxy) is 2. The minimum Gasteiger partial charge on any atom is -0.459 e. The lowest BCUT2D eigenvalue weighted by Gasteiger charge is -2.26. The fourth-order valence-corrected chi connectivity index (χ4v) is 0.894. The van der Waals surface area contributed by atoms with E-state index in [4.69, 9.17) is 15.2 Å². The summed E-state index contributed by atoms with van der Waals surface area (Å²) in [7, 11) is 1.56. The maximum Gasteiger partial charge on any atom is 0.323 e. The van der Waals surface area contributed by atoms with Crippen LogP contribution in [0.3, 0.4) is 0 Å². The zero-order valence-corrected chi connectivity index (χ0v) is 9.66. The molecule has 2 N–H and O–H groups in total. The maximum absolute atomic E-state index is 11.5. The zero-order chi connectivity index (χ0) is 11.4. The Bertz CT molecular complexity index is 186. The molecule has 0 amide bonds. The van der Waals surface area contributed by atoms with Gasteiger partial charge in [0.1, 0.15) is 12.1 Å². The summed E-state index contributed by atoms with van der Waals surface area (Å²) >= 11 is 0. The summed E-state index contributed by atoms with van der Waals surface area (Å²) in [5, 5.41) is 0. The number of nitrogens with two attached hydrogens (primary N) is 1. The third-order valence-corrected chi connectivity index (χ3v) is 1.91. The van der Waals surface area contributed by atoms with Gasteiger partial charge in [0.2, 0.25) is 0 Å². The van der Waals surface area contributed by atoms with Gasteiger partial charge in [-0.2, -0.15) is 0 Å². The first-order chi connectivity index (χ1) is 6.29. The van der Waals surface area contributed by atoms with E-state index >= 15 is 0 Å². The van der Waals surface area contributed by atoms with Gasteiger partial charge in [0.15, 0.2) is 0 Å². The molecule has 2 unspecified atom stereocenters. The van der Waals surface area contributed by atoms with Crippen molar-refractivity contribution in [3.8, 4) is 0 Å². The SMILES string of the molecule is COCC(C)OC(=O)C(N)C(C)(C)C. The molecule has 4 heteroatoms. The molecule has 0 bridgehead atoms. The van der Waals surface area contributed by atoms with Crippen LogP contribution in [0.5, 0.6) is 0 Å². The number of carbonyl (C=O) groups excluding carboxylic acids is 1. The average Bonchev–Trinajstić information content (AvgIpc) is 2.01. The molecular weight excluding hydrogens is 182 g/mol. The first kappa shape index (κ1) is 13.4. The van der Waals surface area contributed by atoms with Crippen LogP contribution in [0.1, 0.15) is 27.7 Å². The number of carbonyl (C=O) groups is 1. The van der Waals surface area contributed by atoms with Crippen molar-refractivity contribution in [1.29, 1.82) is 0 Å². The standard InChI is InChI=1S/C10H21NO3/c1-7(6-13-5)14-9(12)8(11)10(2,3)4/h7-8H,6,11H2,1-5H3. The highest BCUT2D eigenvalue weighted by Crippen LogP contribution is 2.18. The molecule has 0 heterocycles. The molecule has 0 fully saturated rings. The molecule has 0 aromatic carbocycles. The largest absolute Gasteiger partial charge is 0.459 e. The second-order valence-corrected chi connectivity index (χ2v) is 4.55. The average molecular weight is 203 g/mol. The van der Waals surface area contributed by atoms with Gasteiger partial charge < -0.3 is 15.2 Å². The van der Waals surface area contributed by atoms with Gasteiger partial charge in [-0.25, -0.2) is 0 Å². The topological polar surface area (TPSA) is 61.5 Å². The first-order valence-corrected chi connectivity index (χ1v) is 4.74. The van der Waals surface area contributed by atoms with Crippen LogP contribution in [0, 0.1) is 5.41 Å². The van der Waals surface area contributed by atoms with Crippen LogP contribution in [-0.4, -0.2) is 31.8 Å². The van der Waals surface area contributed by atoms with Crippen molar-refractivity contribution in [2.75, 3.05) is 13.7 Å². The van der Waals surface area contributed by atoms with Crippen LogP contribution < -0.4 is 5.73 Å². The highest BCUT2D eigenvalue weighted by Gasteiger charge is 2.29. The Labute approximate surface area is 85.8 Å². The second kappa shape index (κ2) is 5.32. The van der Waals surface area contributed by atoms with Gasteiger partial charge in [-0.15, -0.1) is 0 Å². The summed E-state index contributed by atoms with van der Waals surface area (Å²) in [6.07, 6.45) is -0.249. The van der Waals surface area contributed by atoms with E-state index < -0.39 is 6.04 Å². The van der Waals surface area contributed by atoms with Gasteiger partial charge in [-0.3, -0.25) is 4.79 Å². The molecule has 0 saturated heterocycles. The van der Waals surface area contributed by atoms with E-state index in [-0.39, 0.29) is 17.5 Å². The molecular formula is C10H21NO3. The van der Waals surface area contributed by atoms with E-state index in [1.165, 1.54) is 0 Å². The lowest BCUT2D eigenvalue weighted by molar-refractivity contribution is -0.154. The summed E-state index contributed by atoms with van der Waals surface area (Å²) in [6.45, 7) is 7.87. The van der Waals surface area contributed by atoms with E-state index in [0.717, 1.165) is 0 Å². The predicted octanol–water partition coefficient (Wildman–Crippen LogP) is 0.938. The lowest BCUT2D eigenvalue weighted by atomic mass is 9.87. The molecule has 0 aliphatic rings. The molecule has 4 nitrogen and oxygen atoms in total. The van der Waals surface area contributed by atoms with Crippen molar-refractivity contribution in [3.05, 3.63) is 0 Å². The Hall–Kier alpha value is -0.610. The van der Waals surface area contributed by atoms with Crippen LogP contribution in [0.2, 0.25) is 0 Å². The highest BCUT2D eigenvalue weighted by molar-refractivity contribution is 5.76. The lowest BCUT2D eigenvalue weighted by Crippen LogP contribution is -2.44. The smallest absolute Gasteiger partial charge is 0.323 e. The summed E-state index contributed by atoms with van der Waals surface area (Å²) in [4.78, 5) is 11.5. The molecule has 0 aromatic heterocycles. The van der Waals surface area contributed by atoms with E-state index in [1.807, 2.05) is 20.8 Å². The second-order valence-electron chi connectivity index (χ2n) is 4.55. The van der Waals surface area contributed by atoms with Gasteiger partial charge >= 0.3 is 5.97 Å². The van der Waals surface area contributed by atoms with E-state index in [0.29, 0.717) is 6.61 Å². The molecule has 84 valence electrons. The third-order valence-electron chi connectivity index (χ3n) is 1.91. The van der Waals surface area contributed by atoms with Gasteiger partial charge in [0, 0.05) is 7.11 Å². The monoisotopic (exact) mass is 203 g/mol.